The molecule has 0 unspecified atom stereocenters. The first-order valence-electron chi connectivity index (χ1n) is 7.55. The first-order valence-corrected chi connectivity index (χ1v) is 10.0. The van der Waals surface area contributed by atoms with E-state index in [2.05, 4.69) is 46.8 Å². The largest absolute Gasteiger partial charge is 0.147 e. The van der Waals surface area contributed by atoms with Crippen molar-refractivity contribution in [3.8, 4) is 0 Å². The molecule has 0 bridgehead atoms. The number of aliphatic hydroxyl groups excluding tert-OH is 1. The van der Waals surface area contributed by atoms with Crippen molar-refractivity contribution in [1.29, 1.82) is 0 Å². The van der Waals surface area contributed by atoms with Crippen molar-refractivity contribution >= 4 is 24.8 Å². The maximum absolute atomic E-state index is 9.04. The fraction of sp³-hybridized carbons (Fsp3) is 0.556. The molecule has 0 aromatic carbocycles. The Kier molecular flexibility index (Phi) is 9.18. The van der Waals surface area contributed by atoms with Crippen LogP contribution < -0.4 is 0 Å². The van der Waals surface area contributed by atoms with E-state index in [1.165, 1.54) is 11.1 Å². The van der Waals surface area contributed by atoms with Crippen LogP contribution in [0.1, 0.15) is 53.9 Å². The van der Waals surface area contributed by atoms with Gasteiger partial charge < -0.3 is 0 Å². The van der Waals surface area contributed by atoms with Crippen LogP contribution in [0, 0.1) is 5.41 Å². The molecular weight excluding hydrogens is 394 g/mol. The van der Waals surface area contributed by atoms with E-state index < -0.39 is 23.2 Å². The molecule has 0 aromatic heterocycles. The molecule has 0 saturated heterocycles. The Morgan fingerprint density at radius 1 is 1.14 bits per heavy atom. The summed E-state index contributed by atoms with van der Waals surface area (Å²) in [4.78, 5) is 0. The van der Waals surface area contributed by atoms with Crippen LogP contribution >= 0.6 is 24.8 Å². The minimum absolute atomic E-state index is 0. The number of halogens is 2. The molecule has 0 radical (unpaired) electrons. The average Bonchev–Trinajstić information content (AvgIpc) is 2.91. The van der Waals surface area contributed by atoms with E-state index in [4.69, 9.17) is 5.11 Å². The Bertz CT molecular complexity index is 539. The number of hydrogen-bond donors (Lipinski definition) is 1. The maximum Gasteiger partial charge on any atom is -0.147 e. The second kappa shape index (κ2) is 9.02. The van der Waals surface area contributed by atoms with Crippen molar-refractivity contribution in [2.75, 3.05) is 6.61 Å². The van der Waals surface area contributed by atoms with Crippen LogP contribution in [0.3, 0.4) is 0 Å². The van der Waals surface area contributed by atoms with Crippen molar-refractivity contribution in [3.63, 3.8) is 0 Å². The van der Waals surface area contributed by atoms with E-state index in [0.29, 0.717) is 6.61 Å². The Morgan fingerprint density at radius 3 is 2.27 bits per heavy atom. The fourth-order valence-electron chi connectivity index (χ4n) is 3.18. The third-order valence-corrected chi connectivity index (χ3v) is 10.1. The van der Waals surface area contributed by atoms with E-state index in [0.717, 1.165) is 19.3 Å². The van der Waals surface area contributed by atoms with Gasteiger partial charge in [-0.15, -0.1) is 24.8 Å². The zero-order valence-electron chi connectivity index (χ0n) is 14.2. The summed E-state index contributed by atoms with van der Waals surface area (Å²) in [5.74, 6) is 0. The van der Waals surface area contributed by atoms with Crippen LogP contribution in [0.25, 0.3) is 0 Å². The third kappa shape index (κ3) is 4.26. The first kappa shape index (κ1) is 22.4. The number of allylic oxidation sites excluding steroid dienone is 8. The van der Waals surface area contributed by atoms with Crippen molar-refractivity contribution in [2.24, 2.45) is 5.41 Å². The monoisotopic (exact) mass is 420 g/mol. The molecule has 0 saturated carbocycles. The van der Waals surface area contributed by atoms with Crippen LogP contribution in [-0.2, 0) is 23.2 Å². The number of aliphatic hydroxyl groups is 1. The summed E-state index contributed by atoms with van der Waals surface area (Å²) in [5.41, 5.74) is 6.46. The van der Waals surface area contributed by atoms with Crippen LogP contribution in [0.4, 0.5) is 0 Å². The van der Waals surface area contributed by atoms with E-state index >= 15 is 0 Å². The van der Waals surface area contributed by atoms with Crippen molar-refractivity contribution in [2.45, 2.75) is 53.9 Å². The standard InChI is InChI=1S/C10H15.C8H11O.2ClH.Zr/c1-7-6-10(4,5)9(3)8(7)2;9-7-3-6-8-4-1-2-5-8;;;/h1-5H3;1,4,9H,2-3,6-7H2;2*1H;. The van der Waals surface area contributed by atoms with Crippen LogP contribution in [0.5, 0.6) is 0 Å². The molecule has 0 fully saturated rings. The summed E-state index contributed by atoms with van der Waals surface area (Å²) in [7, 11) is 0. The molecule has 2 aliphatic rings. The molecule has 0 heterocycles. The molecule has 0 aliphatic heterocycles. The predicted octanol–water partition coefficient (Wildman–Crippen LogP) is 5.55. The Morgan fingerprint density at radius 2 is 1.77 bits per heavy atom. The van der Waals surface area contributed by atoms with Gasteiger partial charge in [0.15, 0.2) is 0 Å². The van der Waals surface area contributed by atoms with E-state index in [1.54, 1.807) is 17.7 Å². The minimum Gasteiger partial charge on any atom is -0.147 e. The molecule has 124 valence electrons. The van der Waals surface area contributed by atoms with Gasteiger partial charge in [-0.1, -0.05) is 0 Å². The summed E-state index contributed by atoms with van der Waals surface area (Å²) < 4.78 is 3.49. The molecule has 4 heteroatoms. The SMILES string of the molecule is CC1=C(C)C(C)(C)[C]([Zr][C]2=C(CCCO)C=CC2)=C1C.Cl.Cl. The third-order valence-electron chi connectivity index (χ3n) is 4.97. The van der Waals surface area contributed by atoms with Crippen LogP contribution in [0.15, 0.2) is 41.0 Å². The molecule has 0 spiro atoms. The van der Waals surface area contributed by atoms with Crippen molar-refractivity contribution < 1.29 is 28.3 Å². The van der Waals surface area contributed by atoms with Gasteiger partial charge >= 0.3 is 135 Å². The summed E-state index contributed by atoms with van der Waals surface area (Å²) >= 11 is -0.678. The summed E-state index contributed by atoms with van der Waals surface area (Å²) in [5, 5.41) is 9.04. The van der Waals surface area contributed by atoms with Gasteiger partial charge in [-0.3, -0.25) is 0 Å². The van der Waals surface area contributed by atoms with Crippen molar-refractivity contribution in [3.05, 3.63) is 41.0 Å². The molecular formula is C18H28Cl2OZr. The summed E-state index contributed by atoms with van der Waals surface area (Å²) in [6, 6.07) is 0. The molecule has 2 rings (SSSR count). The predicted molar refractivity (Wildman–Crippen MR) is 96.5 cm³/mol. The Hall–Kier alpha value is 0.383. The van der Waals surface area contributed by atoms with Gasteiger partial charge in [-0.25, -0.2) is 0 Å². The molecule has 2 aliphatic carbocycles. The van der Waals surface area contributed by atoms with Crippen molar-refractivity contribution in [1.82, 2.24) is 0 Å². The maximum atomic E-state index is 9.04. The van der Waals surface area contributed by atoms with Gasteiger partial charge in [-0.2, -0.15) is 0 Å². The Balaban J connectivity index is 0.00000220. The molecule has 1 nitrogen and oxygen atoms in total. The topological polar surface area (TPSA) is 20.2 Å². The number of rotatable bonds is 5. The molecule has 22 heavy (non-hydrogen) atoms. The molecule has 0 amide bonds. The van der Waals surface area contributed by atoms with E-state index in [-0.39, 0.29) is 30.2 Å². The zero-order chi connectivity index (χ0) is 14.9. The smallest absolute Gasteiger partial charge is 0.147 e. The quantitative estimate of drug-likeness (QED) is 0.616. The van der Waals surface area contributed by atoms with Gasteiger partial charge in [0, 0.05) is 0 Å². The normalized spacial score (nSPS) is 19.5. The van der Waals surface area contributed by atoms with Gasteiger partial charge in [0.05, 0.1) is 0 Å². The fourth-order valence-corrected chi connectivity index (χ4v) is 7.52. The van der Waals surface area contributed by atoms with Crippen LogP contribution in [-0.4, -0.2) is 11.7 Å². The van der Waals surface area contributed by atoms with Gasteiger partial charge in [0.2, 0.25) is 0 Å². The van der Waals surface area contributed by atoms with Crippen LogP contribution in [0.2, 0.25) is 0 Å². The first-order chi connectivity index (χ1) is 9.39. The number of hydrogen-bond acceptors (Lipinski definition) is 1. The zero-order valence-corrected chi connectivity index (χ0v) is 18.3. The minimum atomic E-state index is -0.678. The molecule has 0 aromatic rings. The molecule has 1 N–H and O–H groups in total. The Labute approximate surface area is 159 Å². The summed E-state index contributed by atoms with van der Waals surface area (Å²) in [6.07, 6.45) is 7.74. The summed E-state index contributed by atoms with van der Waals surface area (Å²) in [6.45, 7) is 12.0. The second-order valence-electron chi connectivity index (χ2n) is 6.44. The van der Waals surface area contributed by atoms with Gasteiger partial charge in [0.1, 0.15) is 0 Å². The average molecular weight is 423 g/mol. The second-order valence-corrected chi connectivity index (χ2v) is 9.76. The van der Waals surface area contributed by atoms with E-state index in [9.17, 15) is 0 Å². The van der Waals surface area contributed by atoms with Gasteiger partial charge in [0.25, 0.3) is 0 Å². The van der Waals surface area contributed by atoms with E-state index in [1.807, 2.05) is 0 Å². The molecule has 0 atom stereocenters. The van der Waals surface area contributed by atoms with Gasteiger partial charge in [-0.05, 0) is 0 Å².